The summed E-state index contributed by atoms with van der Waals surface area (Å²) in [7, 11) is -8.00. The highest BCUT2D eigenvalue weighted by Gasteiger charge is 2.35. The van der Waals surface area contributed by atoms with Crippen molar-refractivity contribution in [2.45, 2.75) is 29.2 Å². The number of hydrogen-bond acceptors (Lipinski definition) is 5. The maximum atomic E-state index is 12.4. The average molecular weight is 357 g/mol. The zero-order chi connectivity index (χ0) is 16.0. The smallest absolute Gasteiger partial charge is 0.211 e. The predicted octanol–water partition coefficient (Wildman–Crippen LogP) is 1.83. The van der Waals surface area contributed by atoms with Crippen LogP contribution in [0.1, 0.15) is 16.7 Å². The van der Waals surface area contributed by atoms with Crippen LogP contribution in [0.15, 0.2) is 39.9 Å². The molecule has 5 nitrogen and oxygen atoms in total. The van der Waals surface area contributed by atoms with Crippen molar-refractivity contribution in [1.82, 2.24) is 4.13 Å². The molecule has 1 N–H and O–H groups in total. The van der Waals surface area contributed by atoms with Crippen molar-refractivity contribution in [3.05, 3.63) is 52.4 Å². The normalized spacial score (nSPS) is 15.9. The molecule has 1 aromatic heterocycles. The van der Waals surface area contributed by atoms with E-state index < -0.39 is 25.3 Å². The molecule has 3 rings (SSSR count). The molecule has 1 aliphatic carbocycles. The second kappa shape index (κ2) is 5.45. The molecular formula is C14H15NO4S3. The zero-order valence-corrected chi connectivity index (χ0v) is 14.3. The number of rotatable bonds is 4. The summed E-state index contributed by atoms with van der Waals surface area (Å²) in [6, 6.07) is 8.93. The highest BCUT2D eigenvalue weighted by molar-refractivity contribution is 8.05. The van der Waals surface area contributed by atoms with Crippen LogP contribution in [0, 0.1) is 6.92 Å². The molecule has 1 aliphatic rings. The molecule has 0 saturated heterocycles. The van der Waals surface area contributed by atoms with Crippen molar-refractivity contribution in [3.8, 4) is 0 Å². The Hall–Kier alpha value is -1.22. The van der Waals surface area contributed by atoms with Crippen LogP contribution < -0.4 is 4.13 Å². The van der Waals surface area contributed by atoms with E-state index in [-0.39, 0.29) is 4.21 Å². The highest BCUT2D eigenvalue weighted by atomic mass is 32.3. The predicted molar refractivity (Wildman–Crippen MR) is 85.9 cm³/mol. The highest BCUT2D eigenvalue weighted by Crippen LogP contribution is 2.27. The Bertz CT molecular complexity index is 888. The van der Waals surface area contributed by atoms with E-state index in [2.05, 4.69) is 0 Å². The van der Waals surface area contributed by atoms with Crippen molar-refractivity contribution in [2.75, 3.05) is 0 Å². The fourth-order valence-corrected chi connectivity index (χ4v) is 7.36. The molecule has 2 aromatic rings. The van der Waals surface area contributed by atoms with Gasteiger partial charge in [-0.2, -0.15) is 0 Å². The standard InChI is InChI=1S/C14H15NO4S3/c1-10-6-14(20-9-10)22(18,19)15-21(16,17)13-7-11-4-2-3-5-12(11)8-13/h2-6,9,13,15H,7-8H2,1H3. The van der Waals surface area contributed by atoms with Gasteiger partial charge in [0.25, 0.3) is 10.0 Å². The maximum absolute atomic E-state index is 12.4. The Morgan fingerprint density at radius 2 is 1.68 bits per heavy atom. The van der Waals surface area contributed by atoms with Gasteiger partial charge in [-0.1, -0.05) is 24.3 Å². The van der Waals surface area contributed by atoms with E-state index in [9.17, 15) is 16.8 Å². The molecule has 1 heterocycles. The number of nitrogens with one attached hydrogen (secondary N) is 1. The number of aryl methyl sites for hydroxylation is 1. The first kappa shape index (κ1) is 15.7. The van der Waals surface area contributed by atoms with E-state index in [0.29, 0.717) is 12.8 Å². The van der Waals surface area contributed by atoms with Crippen LogP contribution >= 0.6 is 11.3 Å². The minimum atomic E-state index is -4.04. The van der Waals surface area contributed by atoms with Crippen LogP contribution in [0.2, 0.25) is 0 Å². The SMILES string of the molecule is Cc1csc(S(=O)(=O)NS(=O)(=O)C2Cc3ccccc3C2)c1. The molecule has 0 aliphatic heterocycles. The van der Waals surface area contributed by atoms with E-state index in [1.165, 1.54) is 6.07 Å². The molecule has 1 aromatic carbocycles. The fourth-order valence-electron chi connectivity index (χ4n) is 2.55. The third-order valence-electron chi connectivity index (χ3n) is 3.65. The van der Waals surface area contributed by atoms with Gasteiger partial charge < -0.3 is 0 Å². The minimum absolute atomic E-state index is 0.0177. The van der Waals surface area contributed by atoms with Crippen molar-refractivity contribution < 1.29 is 16.8 Å². The number of fused-ring (bicyclic) bond motifs is 1. The van der Waals surface area contributed by atoms with Gasteiger partial charge in [0.2, 0.25) is 10.0 Å². The van der Waals surface area contributed by atoms with Gasteiger partial charge in [0.1, 0.15) is 4.21 Å². The quantitative estimate of drug-likeness (QED) is 0.905. The van der Waals surface area contributed by atoms with E-state index in [1.807, 2.05) is 28.4 Å². The summed E-state index contributed by atoms with van der Waals surface area (Å²) in [6.45, 7) is 1.76. The molecule has 118 valence electrons. The molecule has 8 heteroatoms. The molecule has 0 saturated carbocycles. The lowest BCUT2D eigenvalue weighted by Gasteiger charge is -2.12. The lowest BCUT2D eigenvalue weighted by Crippen LogP contribution is -2.38. The van der Waals surface area contributed by atoms with E-state index >= 15 is 0 Å². The lowest BCUT2D eigenvalue weighted by molar-refractivity contribution is 0.567. The largest absolute Gasteiger partial charge is 0.263 e. The Morgan fingerprint density at radius 3 is 2.18 bits per heavy atom. The zero-order valence-electron chi connectivity index (χ0n) is 11.8. The fraction of sp³-hybridized carbons (Fsp3) is 0.286. The third-order valence-corrected chi connectivity index (χ3v) is 9.10. The summed E-state index contributed by atoms with van der Waals surface area (Å²) in [6.07, 6.45) is 0.676. The van der Waals surface area contributed by atoms with Gasteiger partial charge in [0.15, 0.2) is 0 Å². The van der Waals surface area contributed by atoms with E-state index in [0.717, 1.165) is 28.0 Å². The van der Waals surface area contributed by atoms with Gasteiger partial charge in [0.05, 0.1) is 5.25 Å². The van der Waals surface area contributed by atoms with Crippen LogP contribution in [0.5, 0.6) is 0 Å². The topological polar surface area (TPSA) is 80.3 Å². The Kier molecular flexibility index (Phi) is 3.88. The third kappa shape index (κ3) is 2.96. The first-order valence-corrected chi connectivity index (χ1v) is 10.6. The van der Waals surface area contributed by atoms with E-state index in [1.54, 1.807) is 12.3 Å². The molecule has 0 atom stereocenters. The van der Waals surface area contributed by atoms with Crippen molar-refractivity contribution in [3.63, 3.8) is 0 Å². The first-order valence-electron chi connectivity index (χ1n) is 6.67. The summed E-state index contributed by atoms with van der Waals surface area (Å²) >= 11 is 1.01. The monoisotopic (exact) mass is 357 g/mol. The van der Waals surface area contributed by atoms with Crippen molar-refractivity contribution in [1.29, 1.82) is 0 Å². The summed E-state index contributed by atoms with van der Waals surface area (Å²) in [5, 5.41) is 0.924. The molecule has 0 bridgehead atoms. The van der Waals surface area contributed by atoms with Gasteiger partial charge in [0, 0.05) is 0 Å². The Morgan fingerprint density at radius 1 is 1.09 bits per heavy atom. The Balaban J connectivity index is 1.84. The van der Waals surface area contributed by atoms with Gasteiger partial charge >= 0.3 is 0 Å². The average Bonchev–Trinajstić information content (AvgIpc) is 3.03. The van der Waals surface area contributed by atoms with Crippen LogP contribution in [0.3, 0.4) is 0 Å². The number of hydrogen-bond donors (Lipinski definition) is 1. The first-order chi connectivity index (χ1) is 10.3. The van der Waals surface area contributed by atoms with Crippen LogP contribution in [0.4, 0.5) is 0 Å². The number of sulfonamides is 2. The molecule has 0 spiro atoms. The van der Waals surface area contributed by atoms with Gasteiger partial charge in [-0.15, -0.1) is 15.5 Å². The molecule has 22 heavy (non-hydrogen) atoms. The van der Waals surface area contributed by atoms with Crippen molar-refractivity contribution >= 4 is 31.4 Å². The van der Waals surface area contributed by atoms with Gasteiger partial charge in [-0.05, 0) is 47.9 Å². The van der Waals surface area contributed by atoms with Crippen LogP contribution in [0.25, 0.3) is 0 Å². The summed E-state index contributed by atoms with van der Waals surface area (Å²) in [4.78, 5) is 0. The molecule has 0 fully saturated rings. The molecule has 0 radical (unpaired) electrons. The second-order valence-electron chi connectivity index (χ2n) is 5.37. The van der Waals surface area contributed by atoms with Gasteiger partial charge in [-0.25, -0.2) is 16.8 Å². The lowest BCUT2D eigenvalue weighted by atomic mass is 10.1. The van der Waals surface area contributed by atoms with Crippen molar-refractivity contribution in [2.24, 2.45) is 0 Å². The van der Waals surface area contributed by atoms with Crippen LogP contribution in [-0.2, 0) is 32.9 Å². The molecule has 0 unspecified atom stereocenters. The summed E-state index contributed by atoms with van der Waals surface area (Å²) in [5.41, 5.74) is 2.71. The van der Waals surface area contributed by atoms with Gasteiger partial charge in [-0.3, -0.25) is 0 Å². The number of benzene rings is 1. The number of thiophene rings is 1. The molecular weight excluding hydrogens is 342 g/mol. The minimum Gasteiger partial charge on any atom is -0.211 e. The Labute approximate surface area is 134 Å². The van der Waals surface area contributed by atoms with Crippen LogP contribution in [-0.4, -0.2) is 22.1 Å². The summed E-state index contributed by atoms with van der Waals surface area (Å²) < 4.78 is 51.2. The maximum Gasteiger partial charge on any atom is 0.263 e. The second-order valence-corrected chi connectivity index (χ2v) is 10.4. The summed E-state index contributed by atoms with van der Waals surface area (Å²) in [5.74, 6) is 0. The van der Waals surface area contributed by atoms with E-state index in [4.69, 9.17) is 0 Å². The molecule has 0 amide bonds.